The molecule has 1 aliphatic heterocycles. The third-order valence-electron chi connectivity index (χ3n) is 2.71. The number of hydrogen-bond donors (Lipinski definition) is 0. The molecule has 1 atom stereocenters. The van der Waals surface area contributed by atoms with Crippen molar-refractivity contribution in [1.82, 2.24) is 0 Å². The van der Waals surface area contributed by atoms with Gasteiger partial charge in [-0.3, -0.25) is 4.21 Å². The van der Waals surface area contributed by atoms with Crippen LogP contribution in [0.15, 0.2) is 18.2 Å². The highest BCUT2D eigenvalue weighted by molar-refractivity contribution is 7.83. The van der Waals surface area contributed by atoms with Crippen molar-refractivity contribution in [2.45, 2.75) is 37.7 Å². The topological polar surface area (TPSA) is 17.1 Å². The fourth-order valence-corrected chi connectivity index (χ4v) is 3.11. The SMILES string of the molecule is CC(C)(C)c1ccc2c(c1)CS(=O)C2. The van der Waals surface area contributed by atoms with Crippen molar-refractivity contribution >= 4 is 10.8 Å². The third kappa shape index (κ3) is 1.76. The molecule has 1 heterocycles. The van der Waals surface area contributed by atoms with Crippen LogP contribution in [0.25, 0.3) is 0 Å². The van der Waals surface area contributed by atoms with Crippen molar-refractivity contribution in [3.8, 4) is 0 Å². The van der Waals surface area contributed by atoms with Gasteiger partial charge >= 0.3 is 0 Å². The molecule has 0 radical (unpaired) electrons. The van der Waals surface area contributed by atoms with Gasteiger partial charge in [0.25, 0.3) is 0 Å². The van der Waals surface area contributed by atoms with Gasteiger partial charge in [0, 0.05) is 22.3 Å². The van der Waals surface area contributed by atoms with Crippen molar-refractivity contribution in [2.75, 3.05) is 0 Å². The summed E-state index contributed by atoms with van der Waals surface area (Å²) in [4.78, 5) is 0. The number of rotatable bonds is 0. The van der Waals surface area contributed by atoms with Crippen molar-refractivity contribution in [3.05, 3.63) is 34.9 Å². The van der Waals surface area contributed by atoms with Crippen LogP contribution in [0.1, 0.15) is 37.5 Å². The molecular weight excluding hydrogens is 192 g/mol. The lowest BCUT2D eigenvalue weighted by molar-refractivity contribution is 0.589. The summed E-state index contributed by atoms with van der Waals surface area (Å²) < 4.78 is 11.4. The monoisotopic (exact) mass is 208 g/mol. The summed E-state index contributed by atoms with van der Waals surface area (Å²) in [6.45, 7) is 6.63. The maximum absolute atomic E-state index is 11.4. The van der Waals surface area contributed by atoms with Gasteiger partial charge < -0.3 is 0 Å². The average Bonchev–Trinajstić information content (AvgIpc) is 2.41. The molecular formula is C12H16OS. The molecule has 0 amide bonds. The van der Waals surface area contributed by atoms with E-state index in [0.717, 1.165) is 11.5 Å². The predicted octanol–water partition coefficient (Wildman–Crippen LogP) is 2.75. The molecule has 0 saturated carbocycles. The first-order valence-electron chi connectivity index (χ1n) is 4.94. The number of benzene rings is 1. The van der Waals surface area contributed by atoms with E-state index in [0.29, 0.717) is 0 Å². The highest BCUT2D eigenvalue weighted by Gasteiger charge is 2.20. The molecule has 76 valence electrons. The minimum atomic E-state index is -0.654. The minimum Gasteiger partial charge on any atom is -0.259 e. The Morgan fingerprint density at radius 1 is 1.14 bits per heavy atom. The van der Waals surface area contributed by atoms with E-state index in [9.17, 15) is 4.21 Å². The molecule has 0 aromatic heterocycles. The Labute approximate surface area is 88.0 Å². The van der Waals surface area contributed by atoms with Gasteiger partial charge in [-0.15, -0.1) is 0 Å². The summed E-state index contributed by atoms with van der Waals surface area (Å²) in [7, 11) is -0.654. The highest BCUT2D eigenvalue weighted by Crippen LogP contribution is 2.29. The molecule has 14 heavy (non-hydrogen) atoms. The van der Waals surface area contributed by atoms with E-state index in [2.05, 4.69) is 39.0 Å². The zero-order valence-corrected chi connectivity index (χ0v) is 9.78. The number of fused-ring (bicyclic) bond motifs is 1. The summed E-state index contributed by atoms with van der Waals surface area (Å²) in [6, 6.07) is 6.53. The minimum absolute atomic E-state index is 0.194. The van der Waals surface area contributed by atoms with Crippen molar-refractivity contribution in [1.29, 1.82) is 0 Å². The van der Waals surface area contributed by atoms with E-state index >= 15 is 0 Å². The first kappa shape index (κ1) is 9.91. The van der Waals surface area contributed by atoms with Crippen LogP contribution in [-0.4, -0.2) is 4.21 Å². The molecule has 0 fully saturated rings. The summed E-state index contributed by atoms with van der Waals surface area (Å²) in [5.74, 6) is 1.50. The summed E-state index contributed by atoms with van der Waals surface area (Å²) in [5, 5.41) is 0. The van der Waals surface area contributed by atoms with Gasteiger partial charge in [-0.25, -0.2) is 0 Å². The van der Waals surface area contributed by atoms with Gasteiger partial charge in [-0.05, 0) is 22.1 Å². The fourth-order valence-electron chi connectivity index (χ4n) is 1.77. The van der Waals surface area contributed by atoms with Crippen LogP contribution in [0.3, 0.4) is 0 Å². The first-order chi connectivity index (χ1) is 6.47. The molecule has 0 saturated heterocycles. The Balaban J connectivity index is 2.43. The zero-order valence-electron chi connectivity index (χ0n) is 8.96. The van der Waals surface area contributed by atoms with E-state index in [1.54, 1.807) is 0 Å². The van der Waals surface area contributed by atoms with Crippen LogP contribution >= 0.6 is 0 Å². The fraction of sp³-hybridized carbons (Fsp3) is 0.500. The Morgan fingerprint density at radius 3 is 2.43 bits per heavy atom. The molecule has 0 N–H and O–H groups in total. The molecule has 1 aromatic rings. The second kappa shape index (κ2) is 3.20. The first-order valence-corrected chi connectivity index (χ1v) is 6.43. The Morgan fingerprint density at radius 2 is 1.79 bits per heavy atom. The largest absolute Gasteiger partial charge is 0.259 e. The van der Waals surface area contributed by atoms with Crippen LogP contribution in [0, 0.1) is 0 Å². The third-order valence-corrected chi connectivity index (χ3v) is 3.97. The van der Waals surface area contributed by atoms with Crippen LogP contribution < -0.4 is 0 Å². The standard InChI is InChI=1S/C12H16OS/c1-12(2,3)11-5-4-9-7-14(13)8-10(9)6-11/h4-6H,7-8H2,1-3H3. The maximum Gasteiger partial charge on any atom is 0.0492 e. The van der Waals surface area contributed by atoms with Gasteiger partial charge in [-0.2, -0.15) is 0 Å². The molecule has 1 aromatic carbocycles. The molecule has 2 heteroatoms. The number of hydrogen-bond acceptors (Lipinski definition) is 1. The molecule has 1 unspecified atom stereocenters. The summed E-state index contributed by atoms with van der Waals surface area (Å²) in [5.41, 5.74) is 4.10. The van der Waals surface area contributed by atoms with Gasteiger partial charge in [0.2, 0.25) is 0 Å². The Hall–Kier alpha value is -0.630. The second-order valence-corrected chi connectivity index (χ2v) is 6.42. The smallest absolute Gasteiger partial charge is 0.0492 e. The maximum atomic E-state index is 11.4. The van der Waals surface area contributed by atoms with Crippen LogP contribution in [0.2, 0.25) is 0 Å². The van der Waals surface area contributed by atoms with Crippen LogP contribution in [0.4, 0.5) is 0 Å². The molecule has 0 bridgehead atoms. The van der Waals surface area contributed by atoms with Gasteiger partial charge in [-0.1, -0.05) is 39.0 Å². The summed E-state index contributed by atoms with van der Waals surface area (Å²) in [6.07, 6.45) is 0. The molecule has 0 aliphatic carbocycles. The average molecular weight is 208 g/mol. The summed E-state index contributed by atoms with van der Waals surface area (Å²) >= 11 is 0. The lowest BCUT2D eigenvalue weighted by Crippen LogP contribution is -2.11. The van der Waals surface area contributed by atoms with Crippen molar-refractivity contribution < 1.29 is 4.21 Å². The second-order valence-electron chi connectivity index (χ2n) is 4.96. The Bertz CT molecular complexity index is 388. The Kier molecular flexibility index (Phi) is 2.26. The van der Waals surface area contributed by atoms with Gasteiger partial charge in [0.15, 0.2) is 0 Å². The van der Waals surface area contributed by atoms with Crippen LogP contribution in [-0.2, 0) is 27.7 Å². The lowest BCUT2D eigenvalue weighted by Gasteiger charge is -2.19. The van der Waals surface area contributed by atoms with E-state index in [1.807, 2.05) is 0 Å². The van der Waals surface area contributed by atoms with E-state index in [1.165, 1.54) is 16.7 Å². The molecule has 0 spiro atoms. The lowest BCUT2D eigenvalue weighted by atomic mass is 9.85. The van der Waals surface area contributed by atoms with E-state index in [-0.39, 0.29) is 5.41 Å². The molecule has 1 aliphatic rings. The molecule has 2 rings (SSSR count). The van der Waals surface area contributed by atoms with E-state index in [4.69, 9.17) is 0 Å². The predicted molar refractivity (Wildman–Crippen MR) is 60.7 cm³/mol. The van der Waals surface area contributed by atoms with Crippen molar-refractivity contribution in [3.63, 3.8) is 0 Å². The van der Waals surface area contributed by atoms with Crippen molar-refractivity contribution in [2.24, 2.45) is 0 Å². The van der Waals surface area contributed by atoms with E-state index < -0.39 is 10.8 Å². The molecule has 1 nitrogen and oxygen atoms in total. The quantitative estimate of drug-likeness (QED) is 0.640. The zero-order chi connectivity index (χ0) is 10.3. The normalized spacial score (nSPS) is 20.9. The van der Waals surface area contributed by atoms with Gasteiger partial charge in [0.05, 0.1) is 0 Å². The highest BCUT2D eigenvalue weighted by atomic mass is 32.2. The van der Waals surface area contributed by atoms with Gasteiger partial charge in [0.1, 0.15) is 0 Å². The van der Waals surface area contributed by atoms with Crippen LogP contribution in [0.5, 0.6) is 0 Å².